The number of ether oxygens (including phenoxy) is 1. The second-order valence-electron chi connectivity index (χ2n) is 9.36. The molecule has 2 fully saturated rings. The van der Waals surface area contributed by atoms with Crippen molar-refractivity contribution in [3.05, 3.63) is 54.9 Å². The van der Waals surface area contributed by atoms with E-state index in [2.05, 4.69) is 25.6 Å². The maximum atomic E-state index is 12.6. The lowest BCUT2D eigenvalue weighted by Gasteiger charge is -2.23. The van der Waals surface area contributed by atoms with Crippen molar-refractivity contribution in [3.63, 3.8) is 0 Å². The van der Waals surface area contributed by atoms with Gasteiger partial charge in [-0.3, -0.25) is 14.8 Å². The summed E-state index contributed by atoms with van der Waals surface area (Å²) in [7, 11) is 3.09. The minimum Gasteiger partial charge on any atom is -0.495 e. The number of nitrogens with one attached hydrogen (secondary N) is 2. The van der Waals surface area contributed by atoms with E-state index in [0.29, 0.717) is 47.1 Å². The largest absolute Gasteiger partial charge is 0.495 e. The first-order valence-corrected chi connectivity index (χ1v) is 11.9. The lowest BCUT2D eigenvalue weighted by atomic mass is 9.98. The highest BCUT2D eigenvalue weighted by Gasteiger charge is 2.75. The maximum Gasteiger partial charge on any atom is 0.229 e. The van der Waals surface area contributed by atoms with Gasteiger partial charge in [0.25, 0.3) is 0 Å². The fourth-order valence-electron chi connectivity index (χ4n) is 5.50. The van der Waals surface area contributed by atoms with Crippen LogP contribution in [0.4, 0.5) is 5.82 Å². The average molecular weight is 503 g/mol. The van der Waals surface area contributed by atoms with Crippen LogP contribution in [0.5, 0.6) is 5.75 Å². The first-order valence-electron chi connectivity index (χ1n) is 11.9. The van der Waals surface area contributed by atoms with Gasteiger partial charge in [-0.25, -0.2) is 15.0 Å². The fraction of sp³-hybridized carbons (Fsp3) is 0.360. The van der Waals surface area contributed by atoms with E-state index in [1.54, 1.807) is 42.7 Å². The van der Waals surface area contributed by atoms with Gasteiger partial charge in [0.2, 0.25) is 5.91 Å². The number of aliphatic hydroxyl groups is 2. The molecule has 0 aliphatic heterocycles. The number of aliphatic hydroxyl groups excluding tert-OH is 2. The van der Waals surface area contributed by atoms with Crippen LogP contribution in [0.25, 0.3) is 22.6 Å². The number of hydrogen-bond acceptors (Lipinski definition) is 10. The lowest BCUT2D eigenvalue weighted by molar-refractivity contribution is -0.132. The number of methoxy groups -OCH3 is 1. The highest BCUT2D eigenvalue weighted by Crippen LogP contribution is 2.67. The zero-order valence-electron chi connectivity index (χ0n) is 20.2. The molecular weight excluding hydrogens is 476 g/mol. The van der Waals surface area contributed by atoms with Crippen molar-refractivity contribution in [3.8, 4) is 17.1 Å². The van der Waals surface area contributed by atoms with Crippen LogP contribution in [0.3, 0.4) is 0 Å². The third-order valence-corrected chi connectivity index (χ3v) is 7.44. The standard InChI is InChI=1S/C25H26N8O4/c1-26-24(36)25-8-16(25)18(19(34)20(25)35)33-12-30-17-22(29-10-14-5-3-4-6-28-14)31-21(32-23(17)33)13-7-15(37-2)11-27-9-13/h3-7,9,11-12,16,18-20,34-35H,8,10H2,1-2H3,(H,26,36)(H,29,31,32)/t16-,18?,19+,20+,25-/m1/s1. The Balaban J connectivity index is 1.45. The molecule has 1 unspecified atom stereocenters. The Morgan fingerprint density at radius 1 is 1.24 bits per heavy atom. The number of amides is 1. The summed E-state index contributed by atoms with van der Waals surface area (Å²) >= 11 is 0. The van der Waals surface area contributed by atoms with Gasteiger partial charge in [0.1, 0.15) is 17.4 Å². The van der Waals surface area contributed by atoms with Crippen molar-refractivity contribution in [2.24, 2.45) is 11.3 Å². The topological polar surface area (TPSA) is 160 Å². The molecule has 190 valence electrons. The number of fused-ring (bicyclic) bond motifs is 2. The molecule has 2 saturated carbocycles. The molecule has 0 radical (unpaired) electrons. The number of aromatic nitrogens is 6. The molecule has 2 aliphatic rings. The van der Waals surface area contributed by atoms with Crippen molar-refractivity contribution in [1.29, 1.82) is 0 Å². The summed E-state index contributed by atoms with van der Waals surface area (Å²) in [6.07, 6.45) is 4.65. The molecule has 0 saturated heterocycles. The molecular formula is C25H26N8O4. The Morgan fingerprint density at radius 3 is 2.86 bits per heavy atom. The van der Waals surface area contributed by atoms with E-state index in [9.17, 15) is 15.0 Å². The van der Waals surface area contributed by atoms with Gasteiger partial charge in [-0.05, 0) is 24.6 Å². The molecule has 2 aliphatic carbocycles. The molecule has 12 nitrogen and oxygen atoms in total. The smallest absolute Gasteiger partial charge is 0.229 e. The quantitative estimate of drug-likeness (QED) is 0.286. The van der Waals surface area contributed by atoms with Crippen molar-refractivity contribution < 1.29 is 19.7 Å². The van der Waals surface area contributed by atoms with E-state index in [4.69, 9.17) is 14.7 Å². The van der Waals surface area contributed by atoms with Gasteiger partial charge >= 0.3 is 0 Å². The number of carbonyl (C=O) groups is 1. The second-order valence-corrected chi connectivity index (χ2v) is 9.36. The summed E-state index contributed by atoms with van der Waals surface area (Å²) in [5.41, 5.74) is 1.40. The molecule has 12 heteroatoms. The Morgan fingerprint density at radius 2 is 2.11 bits per heavy atom. The van der Waals surface area contributed by atoms with E-state index in [1.807, 2.05) is 18.2 Å². The van der Waals surface area contributed by atoms with Crippen molar-refractivity contribution in [1.82, 2.24) is 34.8 Å². The van der Waals surface area contributed by atoms with Crippen LogP contribution in [0.1, 0.15) is 18.2 Å². The van der Waals surface area contributed by atoms with Gasteiger partial charge in [0, 0.05) is 30.9 Å². The number of nitrogens with zero attached hydrogens (tertiary/aromatic N) is 6. The van der Waals surface area contributed by atoms with Crippen LogP contribution in [0.15, 0.2) is 49.2 Å². The molecule has 4 aromatic rings. The zero-order valence-corrected chi connectivity index (χ0v) is 20.2. The third kappa shape index (κ3) is 3.59. The Bertz CT molecular complexity index is 1480. The summed E-state index contributed by atoms with van der Waals surface area (Å²) in [6, 6.07) is 6.86. The molecule has 4 heterocycles. The highest BCUT2D eigenvalue weighted by atomic mass is 16.5. The molecule has 0 bridgehead atoms. The number of pyridine rings is 2. The summed E-state index contributed by atoms with van der Waals surface area (Å²) in [6.45, 7) is 0.406. The zero-order chi connectivity index (χ0) is 25.7. The maximum absolute atomic E-state index is 12.6. The molecule has 37 heavy (non-hydrogen) atoms. The lowest BCUT2D eigenvalue weighted by Crippen LogP contribution is -2.41. The first-order chi connectivity index (χ1) is 18.0. The number of rotatable bonds is 7. The van der Waals surface area contributed by atoms with Crippen LogP contribution in [-0.2, 0) is 11.3 Å². The molecule has 1 amide bonds. The van der Waals surface area contributed by atoms with Gasteiger partial charge in [0.05, 0.1) is 49.4 Å². The highest BCUT2D eigenvalue weighted by molar-refractivity contribution is 5.88. The summed E-state index contributed by atoms with van der Waals surface area (Å²) < 4.78 is 7.07. The molecule has 4 N–H and O–H groups in total. The summed E-state index contributed by atoms with van der Waals surface area (Å²) in [5.74, 6) is 0.891. The van der Waals surface area contributed by atoms with Crippen LogP contribution in [0, 0.1) is 11.3 Å². The molecule has 0 aromatic carbocycles. The van der Waals surface area contributed by atoms with E-state index in [0.717, 1.165) is 5.69 Å². The van der Waals surface area contributed by atoms with Crippen molar-refractivity contribution >= 4 is 22.9 Å². The number of hydrogen-bond donors (Lipinski definition) is 4. The normalized spacial score (nSPS) is 26.1. The van der Waals surface area contributed by atoms with E-state index in [1.165, 1.54) is 7.05 Å². The van der Waals surface area contributed by atoms with Gasteiger partial charge < -0.3 is 30.2 Å². The average Bonchev–Trinajstić information content (AvgIpc) is 3.48. The predicted octanol–water partition coefficient (Wildman–Crippen LogP) is 0.933. The number of anilines is 1. The number of carbonyl (C=O) groups excluding carboxylic acids is 1. The van der Waals surface area contributed by atoms with Gasteiger partial charge in [-0.2, -0.15) is 0 Å². The summed E-state index contributed by atoms with van der Waals surface area (Å²) in [4.78, 5) is 35.3. The van der Waals surface area contributed by atoms with Crippen molar-refractivity contribution in [2.75, 3.05) is 19.5 Å². The fourth-order valence-corrected chi connectivity index (χ4v) is 5.50. The minimum atomic E-state index is -1.19. The Hall–Kier alpha value is -4.16. The van der Waals surface area contributed by atoms with Crippen LogP contribution >= 0.6 is 0 Å². The molecule has 4 aromatic heterocycles. The molecule has 0 spiro atoms. The SMILES string of the molecule is CNC(=O)[C@]12C[C@@H]1C(n1cnc3c(NCc4ccccn4)nc(-c4cncc(OC)c4)nc31)[C@H](O)[C@@H]2O. The Kier molecular flexibility index (Phi) is 5.50. The van der Waals surface area contributed by atoms with E-state index >= 15 is 0 Å². The van der Waals surface area contributed by atoms with E-state index < -0.39 is 23.7 Å². The van der Waals surface area contributed by atoms with Gasteiger partial charge in [-0.15, -0.1) is 0 Å². The molecule has 6 rings (SSSR count). The van der Waals surface area contributed by atoms with Crippen LogP contribution in [0.2, 0.25) is 0 Å². The monoisotopic (exact) mass is 502 g/mol. The third-order valence-electron chi connectivity index (χ3n) is 7.44. The van der Waals surface area contributed by atoms with Gasteiger partial charge in [-0.1, -0.05) is 6.07 Å². The predicted molar refractivity (Wildman–Crippen MR) is 132 cm³/mol. The second kappa shape index (κ2) is 8.75. The van der Waals surface area contributed by atoms with Crippen LogP contribution in [-0.4, -0.2) is 72.0 Å². The number of imidazole rings is 1. The molecule has 5 atom stereocenters. The van der Waals surface area contributed by atoms with Crippen LogP contribution < -0.4 is 15.4 Å². The Labute approximate surface area is 211 Å². The minimum absolute atomic E-state index is 0.253. The first kappa shape index (κ1) is 23.3. The summed E-state index contributed by atoms with van der Waals surface area (Å²) in [5, 5.41) is 27.8. The van der Waals surface area contributed by atoms with Crippen molar-refractivity contribution in [2.45, 2.75) is 31.2 Å². The van der Waals surface area contributed by atoms with Gasteiger partial charge in [0.15, 0.2) is 17.3 Å². The van der Waals surface area contributed by atoms with E-state index in [-0.39, 0.29) is 11.8 Å².